The molecule has 0 aliphatic carbocycles. The van der Waals surface area contributed by atoms with Crippen LogP contribution in [0.1, 0.15) is 33.1 Å². The molecule has 66 valence electrons. The highest BCUT2D eigenvalue weighted by molar-refractivity contribution is 5.74. The van der Waals surface area contributed by atoms with E-state index < -0.39 is 18.1 Å². The molecule has 1 atom stereocenters. The van der Waals surface area contributed by atoms with Crippen molar-refractivity contribution in [3.8, 4) is 0 Å². The molecule has 0 aromatic carbocycles. The number of carboxylic acid groups (broad SMARTS) is 1. The van der Waals surface area contributed by atoms with E-state index in [9.17, 15) is 9.18 Å². The smallest absolute Gasteiger partial charge is 0.309 e. The van der Waals surface area contributed by atoms with Gasteiger partial charge < -0.3 is 5.11 Å². The molecule has 1 unspecified atom stereocenters. The van der Waals surface area contributed by atoms with Crippen molar-refractivity contribution in [1.82, 2.24) is 0 Å². The number of carboxylic acids is 1. The standard InChI is InChI=1S/C8H15FO2/c1-3-4-8(2,5-6-9)7(10)11/h3-6H2,1-2H3,(H,10,11). The Balaban J connectivity index is 4.13. The van der Waals surface area contributed by atoms with Crippen molar-refractivity contribution in [2.24, 2.45) is 5.41 Å². The lowest BCUT2D eigenvalue weighted by Crippen LogP contribution is -2.27. The van der Waals surface area contributed by atoms with E-state index in [0.29, 0.717) is 6.42 Å². The number of hydrogen-bond acceptors (Lipinski definition) is 1. The van der Waals surface area contributed by atoms with Crippen LogP contribution in [0.25, 0.3) is 0 Å². The van der Waals surface area contributed by atoms with Crippen molar-refractivity contribution in [3.63, 3.8) is 0 Å². The van der Waals surface area contributed by atoms with E-state index in [1.807, 2.05) is 6.92 Å². The van der Waals surface area contributed by atoms with Gasteiger partial charge >= 0.3 is 5.97 Å². The van der Waals surface area contributed by atoms with Crippen molar-refractivity contribution in [2.45, 2.75) is 33.1 Å². The van der Waals surface area contributed by atoms with Crippen molar-refractivity contribution in [1.29, 1.82) is 0 Å². The first kappa shape index (κ1) is 10.4. The summed E-state index contributed by atoms with van der Waals surface area (Å²) in [5.74, 6) is -0.892. The molecule has 0 radical (unpaired) electrons. The van der Waals surface area contributed by atoms with Crippen LogP contribution in [0.2, 0.25) is 0 Å². The molecule has 0 heterocycles. The van der Waals surface area contributed by atoms with E-state index >= 15 is 0 Å². The van der Waals surface area contributed by atoms with Gasteiger partial charge in [0.15, 0.2) is 0 Å². The van der Waals surface area contributed by atoms with Gasteiger partial charge in [0.05, 0.1) is 12.1 Å². The number of alkyl halides is 1. The highest BCUT2D eigenvalue weighted by atomic mass is 19.1. The summed E-state index contributed by atoms with van der Waals surface area (Å²) in [6.45, 7) is 2.95. The molecule has 0 aromatic heterocycles. The number of hydrogen-bond donors (Lipinski definition) is 1. The normalized spacial score (nSPS) is 15.9. The summed E-state index contributed by atoms with van der Waals surface area (Å²) in [4.78, 5) is 10.6. The summed E-state index contributed by atoms with van der Waals surface area (Å²) in [7, 11) is 0. The third kappa shape index (κ3) is 2.87. The van der Waals surface area contributed by atoms with Crippen molar-refractivity contribution < 1.29 is 14.3 Å². The molecule has 0 fully saturated rings. The van der Waals surface area contributed by atoms with Crippen LogP contribution in [-0.4, -0.2) is 17.8 Å². The van der Waals surface area contributed by atoms with E-state index in [4.69, 9.17) is 5.11 Å². The lowest BCUT2D eigenvalue weighted by molar-refractivity contribution is -0.149. The Labute approximate surface area is 66.4 Å². The maximum Gasteiger partial charge on any atom is 0.309 e. The van der Waals surface area contributed by atoms with E-state index in [-0.39, 0.29) is 6.42 Å². The Hall–Kier alpha value is -0.600. The summed E-state index contributed by atoms with van der Waals surface area (Å²) in [6, 6.07) is 0. The fourth-order valence-electron chi connectivity index (χ4n) is 1.10. The lowest BCUT2D eigenvalue weighted by Gasteiger charge is -2.22. The molecule has 0 saturated carbocycles. The quantitative estimate of drug-likeness (QED) is 0.673. The van der Waals surface area contributed by atoms with Gasteiger partial charge in [-0.15, -0.1) is 0 Å². The molecule has 0 saturated heterocycles. The topological polar surface area (TPSA) is 37.3 Å². The van der Waals surface area contributed by atoms with Gasteiger partial charge in [-0.1, -0.05) is 13.3 Å². The third-order valence-corrected chi connectivity index (χ3v) is 1.96. The zero-order chi connectivity index (χ0) is 8.91. The number of carbonyl (C=O) groups is 1. The summed E-state index contributed by atoms with van der Waals surface area (Å²) in [5.41, 5.74) is -0.858. The average molecular weight is 162 g/mol. The molecule has 2 nitrogen and oxygen atoms in total. The maximum absolute atomic E-state index is 11.9. The first-order chi connectivity index (χ1) is 5.06. The highest BCUT2D eigenvalue weighted by Crippen LogP contribution is 2.27. The van der Waals surface area contributed by atoms with Crippen LogP contribution in [0.5, 0.6) is 0 Å². The Morgan fingerprint density at radius 2 is 2.09 bits per heavy atom. The summed E-state index contributed by atoms with van der Waals surface area (Å²) < 4.78 is 11.9. The molecular weight excluding hydrogens is 147 g/mol. The van der Waals surface area contributed by atoms with E-state index in [0.717, 1.165) is 6.42 Å². The molecule has 0 bridgehead atoms. The van der Waals surface area contributed by atoms with Crippen LogP contribution in [0.3, 0.4) is 0 Å². The predicted molar refractivity (Wildman–Crippen MR) is 41.2 cm³/mol. The fourth-order valence-corrected chi connectivity index (χ4v) is 1.10. The molecule has 0 aromatic rings. The molecular formula is C8H15FO2. The van der Waals surface area contributed by atoms with Gasteiger partial charge in [-0.3, -0.25) is 9.18 Å². The van der Waals surface area contributed by atoms with E-state index in [2.05, 4.69) is 0 Å². The minimum Gasteiger partial charge on any atom is -0.481 e. The fraction of sp³-hybridized carbons (Fsp3) is 0.875. The summed E-state index contributed by atoms with van der Waals surface area (Å²) >= 11 is 0. The summed E-state index contributed by atoms with van der Waals surface area (Å²) in [5, 5.41) is 8.73. The number of halogens is 1. The molecule has 0 aliphatic rings. The second kappa shape index (κ2) is 4.31. The third-order valence-electron chi connectivity index (χ3n) is 1.96. The maximum atomic E-state index is 11.9. The Morgan fingerprint density at radius 3 is 2.36 bits per heavy atom. The van der Waals surface area contributed by atoms with Gasteiger partial charge in [0.1, 0.15) is 0 Å². The largest absolute Gasteiger partial charge is 0.481 e. The number of aliphatic carboxylic acids is 1. The average Bonchev–Trinajstić information content (AvgIpc) is 1.88. The zero-order valence-corrected chi connectivity index (χ0v) is 7.06. The molecule has 0 amide bonds. The van der Waals surface area contributed by atoms with Crippen LogP contribution in [0, 0.1) is 5.41 Å². The van der Waals surface area contributed by atoms with Gasteiger partial charge in [-0.25, -0.2) is 0 Å². The Kier molecular flexibility index (Phi) is 4.08. The lowest BCUT2D eigenvalue weighted by atomic mass is 9.83. The first-order valence-electron chi connectivity index (χ1n) is 3.86. The Bertz CT molecular complexity index is 128. The second-order valence-electron chi connectivity index (χ2n) is 3.05. The minimum absolute atomic E-state index is 0.121. The number of rotatable bonds is 5. The Morgan fingerprint density at radius 1 is 1.55 bits per heavy atom. The van der Waals surface area contributed by atoms with E-state index in [1.54, 1.807) is 6.92 Å². The molecule has 0 aliphatic heterocycles. The SMILES string of the molecule is CCCC(C)(CCF)C(=O)O. The van der Waals surface area contributed by atoms with Gasteiger partial charge in [0.2, 0.25) is 0 Å². The molecule has 0 rings (SSSR count). The molecule has 1 N–H and O–H groups in total. The van der Waals surface area contributed by atoms with Crippen LogP contribution in [0.15, 0.2) is 0 Å². The van der Waals surface area contributed by atoms with Crippen molar-refractivity contribution >= 4 is 5.97 Å². The van der Waals surface area contributed by atoms with Gasteiger partial charge in [0, 0.05) is 0 Å². The van der Waals surface area contributed by atoms with Gasteiger partial charge in [0.25, 0.3) is 0 Å². The molecule has 11 heavy (non-hydrogen) atoms. The van der Waals surface area contributed by atoms with Crippen LogP contribution in [-0.2, 0) is 4.79 Å². The van der Waals surface area contributed by atoms with Crippen LogP contribution in [0.4, 0.5) is 4.39 Å². The van der Waals surface area contributed by atoms with Crippen LogP contribution < -0.4 is 0 Å². The van der Waals surface area contributed by atoms with Gasteiger partial charge in [-0.05, 0) is 19.8 Å². The summed E-state index contributed by atoms with van der Waals surface area (Å²) in [6.07, 6.45) is 1.45. The van der Waals surface area contributed by atoms with E-state index in [1.165, 1.54) is 0 Å². The zero-order valence-electron chi connectivity index (χ0n) is 7.06. The second-order valence-corrected chi connectivity index (χ2v) is 3.05. The van der Waals surface area contributed by atoms with Gasteiger partial charge in [-0.2, -0.15) is 0 Å². The molecule has 0 spiro atoms. The highest BCUT2D eigenvalue weighted by Gasteiger charge is 2.31. The first-order valence-corrected chi connectivity index (χ1v) is 3.86. The van der Waals surface area contributed by atoms with Crippen molar-refractivity contribution in [3.05, 3.63) is 0 Å². The monoisotopic (exact) mass is 162 g/mol. The van der Waals surface area contributed by atoms with Crippen LogP contribution >= 0.6 is 0 Å². The molecule has 3 heteroatoms. The minimum atomic E-state index is -0.892. The van der Waals surface area contributed by atoms with Crippen molar-refractivity contribution in [2.75, 3.05) is 6.67 Å². The predicted octanol–water partition coefficient (Wildman–Crippen LogP) is 2.24.